The van der Waals surface area contributed by atoms with Crippen LogP contribution in [-0.2, 0) is 41.6 Å². The Balaban J connectivity index is 0.00000495. The second-order valence-corrected chi connectivity index (χ2v) is 11.6. The van der Waals surface area contributed by atoms with E-state index in [0.717, 1.165) is 0 Å². The number of benzene rings is 1. The molecule has 0 aliphatic carbocycles. The van der Waals surface area contributed by atoms with Gasteiger partial charge in [-0.3, -0.25) is 28.8 Å². The van der Waals surface area contributed by atoms with Crippen molar-refractivity contribution in [3.63, 3.8) is 0 Å². The Morgan fingerprint density at radius 2 is 1.88 bits per heavy atom. The molecular weight excluding hydrogens is 693 g/mol. The first kappa shape index (κ1) is 39.6. The van der Waals surface area contributed by atoms with Crippen molar-refractivity contribution >= 4 is 46.2 Å². The highest BCUT2D eigenvalue weighted by atomic mass is 19.4. The number of fused-ring (bicyclic) bond motifs is 1. The summed E-state index contributed by atoms with van der Waals surface area (Å²) in [5, 5.41) is 9.62. The van der Waals surface area contributed by atoms with Gasteiger partial charge in [-0.15, -0.1) is 0 Å². The molecule has 15 nitrogen and oxygen atoms in total. The molecule has 4 N–H and O–H groups in total. The number of carbonyl (C=O) groups excluding carboxylic acids is 5. The van der Waals surface area contributed by atoms with E-state index < -0.39 is 48.2 Å². The van der Waals surface area contributed by atoms with E-state index in [1.54, 1.807) is 6.92 Å². The summed E-state index contributed by atoms with van der Waals surface area (Å²) in [4.78, 5) is 83.6. The Morgan fingerprint density at radius 1 is 1.17 bits per heavy atom. The van der Waals surface area contributed by atoms with Gasteiger partial charge >= 0.3 is 18.1 Å². The smallest absolute Gasteiger partial charge is 0.458 e. The van der Waals surface area contributed by atoms with Crippen LogP contribution >= 0.6 is 0 Å². The molecule has 2 aromatic heterocycles. The number of H-pyrrole nitrogens is 1. The zero-order valence-corrected chi connectivity index (χ0v) is 29.1. The molecule has 284 valence electrons. The van der Waals surface area contributed by atoms with Crippen molar-refractivity contribution in [2.45, 2.75) is 78.7 Å². The van der Waals surface area contributed by atoms with Gasteiger partial charge in [0, 0.05) is 51.4 Å². The minimum atomic E-state index is -5.25. The lowest BCUT2D eigenvalue weighted by Gasteiger charge is -2.24. The highest BCUT2D eigenvalue weighted by molar-refractivity contribution is 5.99. The predicted molar refractivity (Wildman–Crippen MR) is 182 cm³/mol. The van der Waals surface area contributed by atoms with Gasteiger partial charge in [0.15, 0.2) is 5.65 Å². The number of pyridine rings is 1. The Labute approximate surface area is 300 Å². The van der Waals surface area contributed by atoms with Gasteiger partial charge in [-0.25, -0.2) is 9.97 Å². The predicted octanol–water partition coefficient (Wildman–Crippen LogP) is 2.53. The first-order valence-electron chi connectivity index (χ1n) is 17.2. The number of aliphatic hydroxyl groups is 1. The summed E-state index contributed by atoms with van der Waals surface area (Å²) in [7, 11) is 1.25. The molecule has 0 spiro atoms. The number of hydrogen-bond acceptors (Lipinski definition) is 11. The van der Waals surface area contributed by atoms with Crippen molar-refractivity contribution in [2.24, 2.45) is 0 Å². The van der Waals surface area contributed by atoms with Crippen molar-refractivity contribution in [1.82, 2.24) is 25.6 Å². The fourth-order valence-electron chi connectivity index (χ4n) is 4.71. The number of carbonyl (C=O) groups is 5. The van der Waals surface area contributed by atoms with Gasteiger partial charge in [0.1, 0.15) is 17.7 Å². The number of rotatable bonds is 19. The van der Waals surface area contributed by atoms with Crippen LogP contribution in [0, 0.1) is 0 Å². The molecule has 0 aliphatic heterocycles. The number of hydrogen-bond donors (Lipinski definition) is 4. The molecule has 18 heteroatoms. The maximum Gasteiger partial charge on any atom is 0.471 e. The van der Waals surface area contributed by atoms with Crippen molar-refractivity contribution in [2.75, 3.05) is 31.3 Å². The molecule has 2 heterocycles. The quantitative estimate of drug-likeness (QED) is 0.104. The van der Waals surface area contributed by atoms with E-state index in [1.807, 2.05) is 0 Å². The van der Waals surface area contributed by atoms with Crippen LogP contribution in [0.1, 0.15) is 70.6 Å². The third-order valence-corrected chi connectivity index (χ3v) is 7.14. The third-order valence-electron chi connectivity index (χ3n) is 7.14. The summed E-state index contributed by atoms with van der Waals surface area (Å²) in [5.41, 5.74) is -0.672. The Morgan fingerprint density at radius 3 is 2.52 bits per heavy atom. The Bertz CT molecular complexity index is 1800. The lowest BCUT2D eigenvalue weighted by Crippen LogP contribution is -2.41. The molecule has 1 aromatic carbocycles. The van der Waals surface area contributed by atoms with Crippen molar-refractivity contribution in [3.8, 4) is 0 Å². The maximum absolute atomic E-state index is 13.6. The zero-order chi connectivity index (χ0) is 40.4. The number of alkyl halides is 3. The monoisotopic (exact) mass is 739 g/mol. The number of nitrogens with zero attached hydrogens (tertiary/aromatic N) is 3. The number of aromatic amines is 1. The molecule has 3 amide bonds. The topological polar surface area (TPSA) is 210 Å². The van der Waals surface area contributed by atoms with Crippen molar-refractivity contribution in [1.29, 1.82) is 1.43 Å². The molecule has 1 unspecified atom stereocenters. The number of aliphatic hydroxyl groups excluding tert-OH is 1. The number of amides is 3. The second-order valence-electron chi connectivity index (χ2n) is 11.6. The number of Topliss-reactive ketones (excluding diaryl/α,β-unsaturated/α-hetero) is 1. The molecule has 3 aromatic rings. The molecule has 3 rings (SSSR count). The number of ether oxygens (including phenoxy) is 2. The summed E-state index contributed by atoms with van der Waals surface area (Å²) < 4.78 is 63.7. The van der Waals surface area contributed by atoms with Gasteiger partial charge in [0.25, 0.3) is 11.5 Å². The van der Waals surface area contributed by atoms with Crippen LogP contribution in [0.2, 0.25) is 0 Å². The van der Waals surface area contributed by atoms with E-state index in [1.165, 1.54) is 57.8 Å². The average Bonchev–Trinajstić information content (AvgIpc) is 3.11. The van der Waals surface area contributed by atoms with Crippen molar-refractivity contribution < 1.29 is 53.1 Å². The largest absolute Gasteiger partial charge is 0.471 e. The van der Waals surface area contributed by atoms with Crippen LogP contribution < -0.4 is 21.1 Å². The van der Waals surface area contributed by atoms with E-state index in [-0.39, 0.29) is 84.4 Å². The average molecular weight is 740 g/mol. The summed E-state index contributed by atoms with van der Waals surface area (Å²) >= 11 is 0. The SMILES string of the molecule is [2H]OCC(COCCCNC(=O)CC[C@@H](C)NC(=O)c1ccc(N(Cc2cnc3nc(CC(C)=O)[nH]c(=O)c3c2)C(=O)C(F)(F)F)cc1)OC(C)=O.[3H]C. The highest BCUT2D eigenvalue weighted by Crippen LogP contribution is 2.26. The van der Waals surface area contributed by atoms with Gasteiger partial charge < -0.3 is 35.1 Å². The number of halogens is 3. The second kappa shape index (κ2) is 20.0. The Kier molecular flexibility index (Phi) is 15.2. The normalized spacial score (nSPS) is 12.7. The van der Waals surface area contributed by atoms with Gasteiger partial charge in [-0.2, -0.15) is 13.2 Å². The van der Waals surface area contributed by atoms with Gasteiger partial charge in [0.2, 0.25) is 7.34 Å². The molecule has 0 fully saturated rings. The van der Waals surface area contributed by atoms with Gasteiger partial charge in [-0.05, 0) is 62.6 Å². The van der Waals surface area contributed by atoms with Crippen LogP contribution in [0.4, 0.5) is 18.9 Å². The highest BCUT2D eigenvalue weighted by Gasteiger charge is 2.43. The number of aromatic nitrogens is 3. The fraction of sp³-hybridized carbons (Fsp3) is 0.471. The minimum absolute atomic E-state index is 0.0223. The standard InChI is InChI=1S/C33H39F3N6O9.CH4/c1-19(5-10-28(46)37-11-4-12-50-18-25(17-43)51-21(3)45)39-30(47)23-6-8-24(9-7-23)42(32(49)33(34,35)36)16-22-14-26-29(38-15-22)40-27(13-20(2)44)41-31(26)48;/h6-9,14-15,19,25,43H,4-5,10-13,16-18H2,1-3H3,(H,37,46)(H,39,47)(H,38,40,41,48);1H4/t19-,25?;/m1./s1/i43D;1T. The fourth-order valence-corrected chi connectivity index (χ4v) is 4.71. The lowest BCUT2D eigenvalue weighted by atomic mass is 10.1. The zero-order valence-electron chi connectivity index (χ0n) is 31.1. The van der Waals surface area contributed by atoms with Crippen LogP contribution in [-0.4, -0.2) is 95.7 Å². The van der Waals surface area contributed by atoms with E-state index in [2.05, 4.69) is 30.7 Å². The van der Waals surface area contributed by atoms with Crippen molar-refractivity contribution in [3.05, 3.63) is 63.8 Å². The summed E-state index contributed by atoms with van der Waals surface area (Å²) in [6.07, 6.45) is -4.08. The maximum atomic E-state index is 13.6. The van der Waals surface area contributed by atoms with Crippen LogP contribution in [0.5, 0.6) is 0 Å². The lowest BCUT2D eigenvalue weighted by molar-refractivity contribution is -0.170. The molecule has 0 aliphatic rings. The number of esters is 1. The molecule has 0 saturated heterocycles. The van der Waals surface area contributed by atoms with Crippen LogP contribution in [0.3, 0.4) is 0 Å². The number of anilines is 1. The molecule has 0 saturated carbocycles. The van der Waals surface area contributed by atoms with Gasteiger partial charge in [0.05, 0.1) is 31.6 Å². The van der Waals surface area contributed by atoms with Crippen LogP contribution in [0.15, 0.2) is 41.3 Å². The first-order chi connectivity index (χ1) is 25.6. The summed E-state index contributed by atoms with van der Waals surface area (Å²) in [6, 6.07) is 5.67. The molecule has 2 atom stereocenters. The first-order valence-corrected chi connectivity index (χ1v) is 15.8. The minimum Gasteiger partial charge on any atom is -0.458 e. The van der Waals surface area contributed by atoms with E-state index in [9.17, 15) is 41.9 Å². The van der Waals surface area contributed by atoms with E-state index >= 15 is 0 Å². The third kappa shape index (κ3) is 13.5. The van der Waals surface area contributed by atoms with E-state index in [4.69, 9.17) is 12.3 Å². The Hall–Kier alpha value is -5.23. The number of nitrogens with one attached hydrogen (secondary N) is 3. The van der Waals surface area contributed by atoms with Gasteiger partial charge in [-0.1, -0.05) is 7.40 Å². The van der Waals surface area contributed by atoms with E-state index in [0.29, 0.717) is 17.9 Å². The molecule has 0 radical (unpaired) electrons. The molecular formula is C34H43F3N6O9. The van der Waals surface area contributed by atoms with Crippen LogP contribution in [0.25, 0.3) is 11.0 Å². The molecule has 0 bridgehead atoms. The summed E-state index contributed by atoms with van der Waals surface area (Å²) in [6.45, 7) is 4.06. The summed E-state index contributed by atoms with van der Waals surface area (Å²) in [5.74, 6) is -3.70. The molecule has 52 heavy (non-hydrogen) atoms. The number of ketones is 1.